The fraction of sp³-hybridized carbons (Fsp3) is 0. The zero-order chi connectivity index (χ0) is 17.5. The Balaban J connectivity index is 1.99. The molecule has 24 heavy (non-hydrogen) atoms. The van der Waals surface area contributed by atoms with Crippen molar-refractivity contribution in [3.8, 4) is 0 Å². The van der Waals surface area contributed by atoms with Crippen LogP contribution in [0.4, 0.5) is 5.69 Å². The number of nitrogens with two attached hydrogens (primary N) is 1. The maximum absolute atomic E-state index is 12.5. The van der Waals surface area contributed by atoms with Gasteiger partial charge < -0.3 is 4.98 Å². The summed E-state index contributed by atoms with van der Waals surface area (Å²) in [5.74, 6) is 0. The maximum atomic E-state index is 12.5. The summed E-state index contributed by atoms with van der Waals surface area (Å²) in [4.78, 5) is 2.61. The van der Waals surface area contributed by atoms with E-state index < -0.39 is 20.0 Å². The standard InChI is InChI=1S/C14H12ClN3O4S2/c15-13-8-9-2-1-3-12(14(9)17-13)18-24(21,22)11-6-4-10(5-7-11)23(16,19)20/h1-8,17-18H,(H2,16,19,20). The molecule has 7 nitrogen and oxygen atoms in total. The number of fused-ring (bicyclic) bond motifs is 1. The fourth-order valence-corrected chi connectivity index (χ4v) is 4.02. The minimum absolute atomic E-state index is 0.0930. The summed E-state index contributed by atoms with van der Waals surface area (Å²) < 4.78 is 49.9. The number of sulfonamides is 2. The molecule has 0 saturated carbocycles. The van der Waals surface area contributed by atoms with Gasteiger partial charge in [-0.2, -0.15) is 0 Å². The second-order valence-electron chi connectivity index (χ2n) is 5.01. The van der Waals surface area contributed by atoms with E-state index in [1.165, 1.54) is 12.1 Å². The summed E-state index contributed by atoms with van der Waals surface area (Å²) in [5.41, 5.74) is 0.877. The molecule has 0 aliphatic rings. The second-order valence-corrected chi connectivity index (χ2v) is 8.66. The van der Waals surface area contributed by atoms with Crippen LogP contribution < -0.4 is 9.86 Å². The van der Waals surface area contributed by atoms with Crippen LogP contribution in [0.3, 0.4) is 0 Å². The molecule has 0 bridgehead atoms. The molecule has 0 atom stereocenters. The highest BCUT2D eigenvalue weighted by atomic mass is 35.5. The molecule has 0 aliphatic heterocycles. The van der Waals surface area contributed by atoms with E-state index in [4.69, 9.17) is 16.7 Å². The van der Waals surface area contributed by atoms with E-state index in [9.17, 15) is 16.8 Å². The Kier molecular flexibility index (Phi) is 4.04. The van der Waals surface area contributed by atoms with E-state index in [0.29, 0.717) is 16.4 Å². The van der Waals surface area contributed by atoms with Crippen LogP contribution in [0.2, 0.25) is 5.15 Å². The summed E-state index contributed by atoms with van der Waals surface area (Å²) >= 11 is 5.90. The van der Waals surface area contributed by atoms with Gasteiger partial charge in [-0.15, -0.1) is 0 Å². The lowest BCUT2D eigenvalue weighted by Gasteiger charge is -2.09. The zero-order valence-corrected chi connectivity index (χ0v) is 14.4. The average molecular weight is 386 g/mol. The molecular formula is C14H12ClN3O4S2. The Morgan fingerprint density at radius 1 is 0.958 bits per heavy atom. The molecule has 126 valence electrons. The van der Waals surface area contributed by atoms with Crippen molar-refractivity contribution in [1.82, 2.24) is 4.98 Å². The molecule has 0 amide bonds. The van der Waals surface area contributed by atoms with E-state index in [0.717, 1.165) is 17.5 Å². The van der Waals surface area contributed by atoms with Gasteiger partial charge in [0, 0.05) is 5.39 Å². The summed E-state index contributed by atoms with van der Waals surface area (Å²) in [6.45, 7) is 0. The number of nitrogens with one attached hydrogen (secondary N) is 2. The van der Waals surface area contributed by atoms with Crippen LogP contribution in [0.1, 0.15) is 0 Å². The van der Waals surface area contributed by atoms with E-state index in [2.05, 4.69) is 9.71 Å². The largest absolute Gasteiger partial charge is 0.344 e. The SMILES string of the molecule is NS(=O)(=O)c1ccc(S(=O)(=O)Nc2cccc3cc(Cl)[nH]c23)cc1. The topological polar surface area (TPSA) is 122 Å². The number of hydrogen-bond acceptors (Lipinski definition) is 4. The maximum Gasteiger partial charge on any atom is 0.261 e. The van der Waals surface area contributed by atoms with Crippen LogP contribution in [-0.4, -0.2) is 21.8 Å². The smallest absolute Gasteiger partial charge is 0.261 e. The predicted molar refractivity (Wildman–Crippen MR) is 91.9 cm³/mol. The van der Waals surface area contributed by atoms with Gasteiger partial charge >= 0.3 is 0 Å². The second kappa shape index (κ2) is 5.78. The molecule has 0 aliphatic carbocycles. The monoisotopic (exact) mass is 385 g/mol. The fourth-order valence-electron chi connectivity index (χ4n) is 2.22. The molecule has 2 aromatic carbocycles. The molecular weight excluding hydrogens is 374 g/mol. The molecule has 10 heteroatoms. The average Bonchev–Trinajstić information content (AvgIpc) is 2.88. The highest BCUT2D eigenvalue weighted by Gasteiger charge is 2.17. The number of anilines is 1. The van der Waals surface area contributed by atoms with Crippen LogP contribution in [-0.2, 0) is 20.0 Å². The molecule has 0 saturated heterocycles. The van der Waals surface area contributed by atoms with Gasteiger partial charge in [-0.3, -0.25) is 4.72 Å². The molecule has 0 spiro atoms. The van der Waals surface area contributed by atoms with Gasteiger partial charge in [0.25, 0.3) is 10.0 Å². The minimum Gasteiger partial charge on any atom is -0.344 e. The number of benzene rings is 2. The number of aromatic amines is 1. The zero-order valence-electron chi connectivity index (χ0n) is 12.0. The first-order valence-corrected chi connectivity index (χ1v) is 10.0. The Hall–Kier alpha value is -2.07. The molecule has 1 heterocycles. The van der Waals surface area contributed by atoms with Crippen molar-refractivity contribution in [2.45, 2.75) is 9.79 Å². The normalized spacial score (nSPS) is 12.4. The third-order valence-corrected chi connectivity index (χ3v) is 5.84. The molecule has 0 unspecified atom stereocenters. The van der Waals surface area contributed by atoms with Crippen molar-refractivity contribution in [2.75, 3.05) is 4.72 Å². The number of H-pyrrole nitrogens is 1. The van der Waals surface area contributed by atoms with Crippen LogP contribution in [0, 0.1) is 0 Å². The molecule has 3 aromatic rings. The highest BCUT2D eigenvalue weighted by Crippen LogP contribution is 2.27. The minimum atomic E-state index is -3.91. The quantitative estimate of drug-likeness (QED) is 0.637. The van der Waals surface area contributed by atoms with Crippen molar-refractivity contribution >= 4 is 48.2 Å². The van der Waals surface area contributed by atoms with Gasteiger partial charge in [-0.05, 0) is 36.4 Å². The van der Waals surface area contributed by atoms with Gasteiger partial charge in [0.1, 0.15) is 5.15 Å². The van der Waals surface area contributed by atoms with Crippen molar-refractivity contribution in [1.29, 1.82) is 0 Å². The number of hydrogen-bond donors (Lipinski definition) is 3. The van der Waals surface area contributed by atoms with Crippen LogP contribution in [0.15, 0.2) is 58.3 Å². The lowest BCUT2D eigenvalue weighted by Crippen LogP contribution is -2.15. The lowest BCUT2D eigenvalue weighted by molar-refractivity contribution is 0.595. The first-order chi connectivity index (χ1) is 11.2. The van der Waals surface area contributed by atoms with Crippen LogP contribution in [0.5, 0.6) is 0 Å². The molecule has 4 N–H and O–H groups in total. The van der Waals surface area contributed by atoms with Crippen molar-refractivity contribution < 1.29 is 16.8 Å². The highest BCUT2D eigenvalue weighted by molar-refractivity contribution is 7.92. The lowest BCUT2D eigenvalue weighted by atomic mass is 10.2. The number of para-hydroxylation sites is 1. The predicted octanol–water partition coefficient (Wildman–Crippen LogP) is 2.27. The van der Waals surface area contributed by atoms with E-state index in [-0.39, 0.29) is 9.79 Å². The Bertz CT molecular complexity index is 1120. The van der Waals surface area contributed by atoms with Crippen LogP contribution >= 0.6 is 11.6 Å². The number of rotatable bonds is 4. The Morgan fingerprint density at radius 2 is 1.58 bits per heavy atom. The van der Waals surface area contributed by atoms with Gasteiger partial charge in [0.15, 0.2) is 0 Å². The Labute approximate surface area is 143 Å². The van der Waals surface area contributed by atoms with Gasteiger partial charge in [0.2, 0.25) is 10.0 Å². The third-order valence-electron chi connectivity index (χ3n) is 3.33. The van der Waals surface area contributed by atoms with E-state index >= 15 is 0 Å². The van der Waals surface area contributed by atoms with Gasteiger partial charge in [-0.1, -0.05) is 23.7 Å². The number of aromatic nitrogens is 1. The molecule has 0 radical (unpaired) electrons. The number of halogens is 1. The Morgan fingerprint density at radius 3 is 2.21 bits per heavy atom. The first-order valence-electron chi connectivity index (χ1n) is 6.60. The van der Waals surface area contributed by atoms with E-state index in [1.54, 1.807) is 24.3 Å². The molecule has 3 rings (SSSR count). The molecule has 1 aromatic heterocycles. The summed E-state index contributed by atoms with van der Waals surface area (Å²) in [6.07, 6.45) is 0. The van der Waals surface area contributed by atoms with Crippen molar-refractivity contribution in [3.05, 3.63) is 53.7 Å². The van der Waals surface area contributed by atoms with Gasteiger partial charge in [0.05, 0.1) is 21.0 Å². The summed E-state index contributed by atoms with van der Waals surface area (Å²) in [5, 5.41) is 6.13. The summed E-state index contributed by atoms with van der Waals surface area (Å²) in [7, 11) is -7.79. The van der Waals surface area contributed by atoms with Crippen molar-refractivity contribution in [3.63, 3.8) is 0 Å². The van der Waals surface area contributed by atoms with E-state index in [1.807, 2.05) is 0 Å². The number of primary sulfonamides is 1. The summed E-state index contributed by atoms with van der Waals surface area (Å²) in [6, 6.07) is 11.4. The van der Waals surface area contributed by atoms with Crippen molar-refractivity contribution in [2.24, 2.45) is 5.14 Å². The van der Waals surface area contributed by atoms with Crippen LogP contribution in [0.25, 0.3) is 10.9 Å². The third kappa shape index (κ3) is 3.24. The molecule has 0 fully saturated rings. The first kappa shape index (κ1) is 16.8. The van der Waals surface area contributed by atoms with Gasteiger partial charge in [-0.25, -0.2) is 22.0 Å².